The van der Waals surface area contributed by atoms with Gasteiger partial charge in [0.25, 0.3) is 0 Å². The highest BCUT2D eigenvalue weighted by Gasteiger charge is 2.09. The van der Waals surface area contributed by atoms with Gasteiger partial charge in [-0.3, -0.25) is 4.90 Å². The monoisotopic (exact) mass is 316 g/mol. The van der Waals surface area contributed by atoms with Crippen LogP contribution >= 0.6 is 27.3 Å². The predicted octanol–water partition coefficient (Wildman–Crippen LogP) is 1.98. The van der Waals surface area contributed by atoms with E-state index in [1.54, 1.807) is 11.3 Å². The minimum Gasteiger partial charge on any atom is -0.338 e. The number of nitrogens with zero attached hydrogens (tertiary/aromatic N) is 3. The molecule has 5 nitrogen and oxygen atoms in total. The quantitative estimate of drug-likeness (QED) is 0.913. The van der Waals surface area contributed by atoms with Gasteiger partial charge in [0.2, 0.25) is 5.89 Å². The molecule has 0 bridgehead atoms. The van der Waals surface area contributed by atoms with Crippen LogP contribution in [0.3, 0.4) is 0 Å². The smallest absolute Gasteiger partial charge is 0.240 e. The van der Waals surface area contributed by atoms with Gasteiger partial charge >= 0.3 is 0 Å². The van der Waals surface area contributed by atoms with Gasteiger partial charge < -0.3 is 10.3 Å². The fourth-order valence-electron chi connectivity index (χ4n) is 1.44. The molecular weight excluding hydrogens is 304 g/mol. The van der Waals surface area contributed by atoms with E-state index < -0.39 is 0 Å². The SMILES string of the molecule is CN(Cc1noc(CN)n1)Cc1ccc(Br)s1. The maximum absolute atomic E-state index is 5.41. The average Bonchev–Trinajstić information content (AvgIpc) is 2.88. The zero-order chi connectivity index (χ0) is 12.3. The summed E-state index contributed by atoms with van der Waals surface area (Å²) in [4.78, 5) is 7.59. The van der Waals surface area contributed by atoms with Crippen LogP contribution in [0.1, 0.15) is 16.6 Å². The van der Waals surface area contributed by atoms with Crippen LogP contribution in [0.25, 0.3) is 0 Å². The van der Waals surface area contributed by atoms with E-state index in [1.807, 2.05) is 7.05 Å². The number of rotatable bonds is 5. The first-order valence-corrected chi connectivity index (χ1v) is 6.72. The van der Waals surface area contributed by atoms with Crippen molar-refractivity contribution >= 4 is 27.3 Å². The number of nitrogens with two attached hydrogens (primary N) is 1. The molecule has 2 heterocycles. The number of hydrogen-bond acceptors (Lipinski definition) is 6. The Morgan fingerprint density at radius 3 is 2.88 bits per heavy atom. The van der Waals surface area contributed by atoms with Crippen molar-refractivity contribution in [3.8, 4) is 0 Å². The third-order valence-electron chi connectivity index (χ3n) is 2.15. The third-order valence-corrected chi connectivity index (χ3v) is 3.76. The molecular formula is C10H13BrN4OS. The Kier molecular flexibility index (Phi) is 4.27. The summed E-state index contributed by atoms with van der Waals surface area (Å²) in [6, 6.07) is 4.15. The molecule has 0 aliphatic carbocycles. The summed E-state index contributed by atoms with van der Waals surface area (Å²) >= 11 is 5.18. The van der Waals surface area contributed by atoms with Gasteiger partial charge in [0.15, 0.2) is 5.82 Å². The first-order valence-electron chi connectivity index (χ1n) is 5.11. The van der Waals surface area contributed by atoms with E-state index >= 15 is 0 Å². The van der Waals surface area contributed by atoms with Gasteiger partial charge in [-0.2, -0.15) is 4.98 Å². The summed E-state index contributed by atoms with van der Waals surface area (Å²) in [6.45, 7) is 1.80. The van der Waals surface area contributed by atoms with Crippen LogP contribution in [0, 0.1) is 0 Å². The standard InChI is InChI=1S/C10H13BrN4OS/c1-15(5-7-2-3-8(11)17-7)6-9-13-10(4-12)16-14-9/h2-3H,4-6,12H2,1H3. The highest BCUT2D eigenvalue weighted by atomic mass is 79.9. The van der Waals surface area contributed by atoms with Gasteiger partial charge in [0.1, 0.15) is 0 Å². The Balaban J connectivity index is 1.90. The molecule has 0 amide bonds. The lowest BCUT2D eigenvalue weighted by molar-refractivity contribution is 0.302. The van der Waals surface area contributed by atoms with Crippen LogP contribution < -0.4 is 5.73 Å². The minimum atomic E-state index is 0.286. The van der Waals surface area contributed by atoms with Gasteiger partial charge in [-0.25, -0.2) is 0 Å². The molecule has 0 radical (unpaired) electrons. The highest BCUT2D eigenvalue weighted by Crippen LogP contribution is 2.23. The Morgan fingerprint density at radius 2 is 2.29 bits per heavy atom. The Hall–Kier alpha value is -0.760. The van der Waals surface area contributed by atoms with Crippen molar-refractivity contribution < 1.29 is 4.52 Å². The normalized spacial score (nSPS) is 11.3. The van der Waals surface area contributed by atoms with E-state index in [-0.39, 0.29) is 6.54 Å². The van der Waals surface area contributed by atoms with Gasteiger partial charge in [0, 0.05) is 11.4 Å². The van der Waals surface area contributed by atoms with E-state index in [0.717, 1.165) is 10.3 Å². The van der Waals surface area contributed by atoms with Crippen LogP contribution in [0.5, 0.6) is 0 Å². The van der Waals surface area contributed by atoms with Gasteiger partial charge in [-0.1, -0.05) is 5.16 Å². The molecule has 17 heavy (non-hydrogen) atoms. The first-order chi connectivity index (χ1) is 8.17. The molecule has 0 saturated heterocycles. The van der Waals surface area contributed by atoms with Crippen molar-refractivity contribution in [3.63, 3.8) is 0 Å². The van der Waals surface area contributed by atoms with E-state index in [4.69, 9.17) is 10.3 Å². The number of hydrogen-bond donors (Lipinski definition) is 1. The largest absolute Gasteiger partial charge is 0.338 e. The summed E-state index contributed by atoms with van der Waals surface area (Å²) in [5.74, 6) is 1.15. The molecule has 2 aromatic rings. The minimum absolute atomic E-state index is 0.286. The first kappa shape index (κ1) is 12.7. The Bertz CT molecular complexity index is 484. The van der Waals surface area contributed by atoms with Crippen molar-refractivity contribution in [2.45, 2.75) is 19.6 Å². The van der Waals surface area contributed by atoms with Crippen LogP contribution in [-0.4, -0.2) is 22.1 Å². The highest BCUT2D eigenvalue weighted by molar-refractivity contribution is 9.11. The molecule has 0 atom stereocenters. The maximum Gasteiger partial charge on any atom is 0.240 e. The van der Waals surface area contributed by atoms with Crippen LogP contribution in [0.4, 0.5) is 0 Å². The van der Waals surface area contributed by atoms with Gasteiger partial charge in [-0.05, 0) is 35.1 Å². The van der Waals surface area contributed by atoms with E-state index in [2.05, 4.69) is 43.1 Å². The van der Waals surface area contributed by atoms with Gasteiger partial charge in [0.05, 0.1) is 16.9 Å². The third kappa shape index (κ3) is 3.60. The average molecular weight is 317 g/mol. The van der Waals surface area contributed by atoms with Crippen molar-refractivity contribution in [2.24, 2.45) is 5.73 Å². The van der Waals surface area contributed by atoms with E-state index in [0.29, 0.717) is 18.3 Å². The summed E-state index contributed by atoms with van der Waals surface area (Å²) in [5, 5.41) is 3.86. The second-order valence-electron chi connectivity index (χ2n) is 3.69. The number of thiophene rings is 1. The zero-order valence-electron chi connectivity index (χ0n) is 9.39. The Labute approximate surface area is 112 Å². The summed E-state index contributed by atoms with van der Waals surface area (Å²) in [5.41, 5.74) is 5.41. The molecule has 0 aliphatic heterocycles. The van der Waals surface area contributed by atoms with Crippen LogP contribution in [-0.2, 0) is 19.6 Å². The molecule has 0 spiro atoms. The summed E-state index contributed by atoms with van der Waals surface area (Å²) in [7, 11) is 2.02. The lowest BCUT2D eigenvalue weighted by Gasteiger charge is -2.12. The fraction of sp³-hybridized carbons (Fsp3) is 0.400. The maximum atomic E-state index is 5.41. The van der Waals surface area contributed by atoms with E-state index in [1.165, 1.54) is 4.88 Å². The van der Waals surface area contributed by atoms with Crippen LogP contribution in [0.15, 0.2) is 20.4 Å². The topological polar surface area (TPSA) is 68.2 Å². The number of halogens is 1. The second-order valence-corrected chi connectivity index (χ2v) is 6.23. The second kappa shape index (κ2) is 5.72. The molecule has 2 N–H and O–H groups in total. The molecule has 0 saturated carbocycles. The number of aromatic nitrogens is 2. The fourth-order valence-corrected chi connectivity index (χ4v) is 3.00. The molecule has 0 fully saturated rings. The van der Waals surface area contributed by atoms with E-state index in [9.17, 15) is 0 Å². The molecule has 0 unspecified atom stereocenters. The molecule has 92 valence electrons. The Morgan fingerprint density at radius 1 is 1.47 bits per heavy atom. The van der Waals surface area contributed by atoms with Crippen molar-refractivity contribution in [3.05, 3.63) is 32.5 Å². The van der Waals surface area contributed by atoms with Crippen molar-refractivity contribution in [1.29, 1.82) is 0 Å². The van der Waals surface area contributed by atoms with Crippen LogP contribution in [0.2, 0.25) is 0 Å². The summed E-state index contributed by atoms with van der Waals surface area (Å²) < 4.78 is 6.10. The molecule has 7 heteroatoms. The lowest BCUT2D eigenvalue weighted by atomic mass is 10.4. The molecule has 0 aliphatic rings. The lowest BCUT2D eigenvalue weighted by Crippen LogP contribution is -2.17. The molecule has 0 aromatic carbocycles. The predicted molar refractivity (Wildman–Crippen MR) is 69.4 cm³/mol. The van der Waals surface area contributed by atoms with Crippen molar-refractivity contribution in [2.75, 3.05) is 7.05 Å². The zero-order valence-corrected chi connectivity index (χ0v) is 11.8. The summed E-state index contributed by atoms with van der Waals surface area (Å²) in [6.07, 6.45) is 0. The molecule has 2 rings (SSSR count). The van der Waals surface area contributed by atoms with Crippen molar-refractivity contribution in [1.82, 2.24) is 15.0 Å². The van der Waals surface area contributed by atoms with Gasteiger partial charge in [-0.15, -0.1) is 11.3 Å². The molecule has 2 aromatic heterocycles.